The van der Waals surface area contributed by atoms with Crippen molar-refractivity contribution in [2.75, 3.05) is 11.1 Å². The number of benzene rings is 1. The highest BCUT2D eigenvalue weighted by atomic mass is 19.4. The van der Waals surface area contributed by atoms with Crippen molar-refractivity contribution in [3.63, 3.8) is 0 Å². The van der Waals surface area contributed by atoms with Gasteiger partial charge in [-0.05, 0) is 25.1 Å². The minimum absolute atomic E-state index is 0.299. The maximum atomic E-state index is 12.7. The zero-order valence-corrected chi connectivity index (χ0v) is 11.6. The number of rotatable bonds is 3. The highest BCUT2D eigenvalue weighted by Crippen LogP contribution is 2.31. The van der Waals surface area contributed by atoms with Gasteiger partial charge in [-0.15, -0.1) is 0 Å². The van der Waals surface area contributed by atoms with E-state index in [4.69, 9.17) is 5.73 Å². The summed E-state index contributed by atoms with van der Waals surface area (Å²) in [5.41, 5.74) is 5.96. The lowest BCUT2D eigenvalue weighted by Crippen LogP contribution is -2.08. The van der Waals surface area contributed by atoms with Gasteiger partial charge in [0.15, 0.2) is 0 Å². The smallest absolute Gasteiger partial charge is 0.383 e. The van der Waals surface area contributed by atoms with Gasteiger partial charge in [-0.3, -0.25) is 0 Å². The van der Waals surface area contributed by atoms with Crippen molar-refractivity contribution in [1.82, 2.24) is 9.97 Å². The van der Waals surface area contributed by atoms with Crippen LogP contribution in [0.5, 0.6) is 0 Å². The Hall–Kier alpha value is -2.31. The molecular formula is C14H15F3N4. The zero-order valence-electron chi connectivity index (χ0n) is 11.6. The molecule has 0 spiro atoms. The molecule has 0 aliphatic heterocycles. The fourth-order valence-electron chi connectivity index (χ4n) is 1.77. The molecule has 21 heavy (non-hydrogen) atoms. The van der Waals surface area contributed by atoms with Crippen LogP contribution in [0.25, 0.3) is 0 Å². The van der Waals surface area contributed by atoms with Crippen LogP contribution in [-0.4, -0.2) is 9.97 Å². The summed E-state index contributed by atoms with van der Waals surface area (Å²) in [6, 6.07) is 4.93. The summed E-state index contributed by atoms with van der Waals surface area (Å²) >= 11 is 0. The van der Waals surface area contributed by atoms with Crippen molar-refractivity contribution >= 4 is 17.3 Å². The van der Waals surface area contributed by atoms with Gasteiger partial charge in [-0.2, -0.15) is 13.2 Å². The fourth-order valence-corrected chi connectivity index (χ4v) is 1.77. The number of nitrogen functional groups attached to an aromatic ring is 1. The standard InChI is InChI=1S/C14H15F3N4/c1-3-11-20-12(18)8(2)13(21-11)19-10-6-4-5-9(7-10)14(15,16)17/h4-7H,3H2,1-2H3,(H3,18,19,20,21). The predicted octanol–water partition coefficient (Wildman–Crippen LogP) is 3.69. The van der Waals surface area contributed by atoms with Crippen molar-refractivity contribution in [2.45, 2.75) is 26.4 Å². The first-order valence-corrected chi connectivity index (χ1v) is 6.38. The summed E-state index contributed by atoms with van der Waals surface area (Å²) in [5, 5.41) is 2.87. The van der Waals surface area contributed by atoms with Crippen LogP contribution in [0.1, 0.15) is 23.9 Å². The van der Waals surface area contributed by atoms with E-state index in [1.54, 1.807) is 13.0 Å². The molecule has 0 aliphatic carbocycles. The molecule has 0 fully saturated rings. The summed E-state index contributed by atoms with van der Waals surface area (Å²) < 4.78 is 38.1. The monoisotopic (exact) mass is 296 g/mol. The Morgan fingerprint density at radius 1 is 1.24 bits per heavy atom. The summed E-state index contributed by atoms with van der Waals surface area (Å²) in [7, 11) is 0. The number of alkyl halides is 3. The topological polar surface area (TPSA) is 63.8 Å². The molecule has 0 radical (unpaired) electrons. The van der Waals surface area contributed by atoms with Gasteiger partial charge in [-0.1, -0.05) is 13.0 Å². The maximum absolute atomic E-state index is 12.7. The van der Waals surface area contributed by atoms with E-state index in [-0.39, 0.29) is 0 Å². The van der Waals surface area contributed by atoms with Crippen LogP contribution in [0.2, 0.25) is 0 Å². The Labute approximate surface area is 120 Å². The number of aryl methyl sites for hydroxylation is 1. The molecule has 1 aromatic heterocycles. The highest BCUT2D eigenvalue weighted by Gasteiger charge is 2.30. The molecule has 0 bridgehead atoms. The molecule has 0 aliphatic rings. The Balaban J connectivity index is 2.36. The van der Waals surface area contributed by atoms with Crippen LogP contribution < -0.4 is 11.1 Å². The molecule has 3 N–H and O–H groups in total. The Kier molecular flexibility index (Phi) is 4.02. The van der Waals surface area contributed by atoms with Gasteiger partial charge in [0.05, 0.1) is 5.56 Å². The Morgan fingerprint density at radius 2 is 1.95 bits per heavy atom. The summed E-state index contributed by atoms with van der Waals surface area (Å²) in [5.74, 6) is 1.27. The van der Waals surface area contributed by atoms with E-state index in [1.807, 2.05) is 6.92 Å². The van der Waals surface area contributed by atoms with Gasteiger partial charge in [0, 0.05) is 17.7 Å². The number of nitrogens with two attached hydrogens (primary N) is 1. The first-order chi connectivity index (χ1) is 9.81. The normalized spacial score (nSPS) is 11.5. The third kappa shape index (κ3) is 3.42. The number of hydrogen-bond acceptors (Lipinski definition) is 4. The van der Waals surface area contributed by atoms with Crippen LogP contribution in [-0.2, 0) is 12.6 Å². The molecule has 0 unspecified atom stereocenters. The average Bonchev–Trinajstić information content (AvgIpc) is 2.43. The largest absolute Gasteiger partial charge is 0.416 e. The molecule has 112 valence electrons. The molecule has 2 rings (SSSR count). The van der Waals surface area contributed by atoms with Gasteiger partial charge in [0.25, 0.3) is 0 Å². The van der Waals surface area contributed by atoms with Crippen molar-refractivity contribution in [1.29, 1.82) is 0 Å². The summed E-state index contributed by atoms with van der Waals surface area (Å²) in [6.45, 7) is 3.59. The second-order valence-corrected chi connectivity index (χ2v) is 4.56. The minimum atomic E-state index is -4.38. The van der Waals surface area contributed by atoms with Crippen molar-refractivity contribution in [3.05, 3.63) is 41.2 Å². The number of halogens is 3. The molecule has 0 amide bonds. The molecule has 7 heteroatoms. The molecule has 0 saturated carbocycles. The van der Waals surface area contributed by atoms with Crippen molar-refractivity contribution in [3.8, 4) is 0 Å². The van der Waals surface area contributed by atoms with E-state index in [9.17, 15) is 13.2 Å². The third-order valence-electron chi connectivity index (χ3n) is 3.00. The zero-order chi connectivity index (χ0) is 15.6. The number of hydrogen-bond donors (Lipinski definition) is 2. The lowest BCUT2D eigenvalue weighted by Gasteiger charge is -2.13. The second kappa shape index (κ2) is 5.59. The molecule has 0 saturated heterocycles. The molecular weight excluding hydrogens is 281 g/mol. The number of anilines is 3. The van der Waals surface area contributed by atoms with E-state index in [2.05, 4.69) is 15.3 Å². The number of nitrogens with one attached hydrogen (secondary N) is 1. The van der Waals surface area contributed by atoms with Crippen LogP contribution in [0, 0.1) is 6.92 Å². The summed E-state index contributed by atoms with van der Waals surface area (Å²) in [4.78, 5) is 8.35. The minimum Gasteiger partial charge on any atom is -0.383 e. The Morgan fingerprint density at radius 3 is 2.57 bits per heavy atom. The van der Waals surface area contributed by atoms with Crippen LogP contribution in [0.15, 0.2) is 24.3 Å². The van der Waals surface area contributed by atoms with E-state index >= 15 is 0 Å². The van der Waals surface area contributed by atoms with Crippen LogP contribution in [0.3, 0.4) is 0 Å². The fraction of sp³-hybridized carbons (Fsp3) is 0.286. The van der Waals surface area contributed by atoms with Gasteiger partial charge in [0.2, 0.25) is 0 Å². The van der Waals surface area contributed by atoms with Crippen molar-refractivity contribution < 1.29 is 13.2 Å². The Bertz CT molecular complexity index is 653. The third-order valence-corrected chi connectivity index (χ3v) is 3.00. The molecule has 4 nitrogen and oxygen atoms in total. The SMILES string of the molecule is CCc1nc(N)c(C)c(Nc2cccc(C(F)(F)F)c2)n1. The molecule has 2 aromatic rings. The second-order valence-electron chi connectivity index (χ2n) is 4.56. The lowest BCUT2D eigenvalue weighted by molar-refractivity contribution is -0.137. The predicted molar refractivity (Wildman–Crippen MR) is 75.3 cm³/mol. The van der Waals surface area contributed by atoms with Gasteiger partial charge in [0.1, 0.15) is 17.5 Å². The maximum Gasteiger partial charge on any atom is 0.416 e. The van der Waals surface area contributed by atoms with Gasteiger partial charge >= 0.3 is 6.18 Å². The number of nitrogens with zero attached hydrogens (tertiary/aromatic N) is 2. The van der Waals surface area contributed by atoms with E-state index in [1.165, 1.54) is 6.07 Å². The van der Waals surface area contributed by atoms with E-state index in [0.717, 1.165) is 12.1 Å². The van der Waals surface area contributed by atoms with Crippen molar-refractivity contribution in [2.24, 2.45) is 0 Å². The first kappa shape index (κ1) is 15.1. The quantitative estimate of drug-likeness (QED) is 0.906. The average molecular weight is 296 g/mol. The lowest BCUT2D eigenvalue weighted by atomic mass is 10.2. The van der Waals surface area contributed by atoms with Gasteiger partial charge in [-0.25, -0.2) is 9.97 Å². The van der Waals surface area contributed by atoms with E-state index in [0.29, 0.717) is 35.1 Å². The molecule has 1 aromatic carbocycles. The molecule has 0 atom stereocenters. The molecule has 1 heterocycles. The van der Waals surface area contributed by atoms with Crippen LogP contribution >= 0.6 is 0 Å². The van der Waals surface area contributed by atoms with Gasteiger partial charge < -0.3 is 11.1 Å². The number of aromatic nitrogens is 2. The highest BCUT2D eigenvalue weighted by molar-refractivity contribution is 5.64. The first-order valence-electron chi connectivity index (χ1n) is 6.38. The van der Waals surface area contributed by atoms with E-state index < -0.39 is 11.7 Å². The van der Waals surface area contributed by atoms with Crippen LogP contribution in [0.4, 0.5) is 30.5 Å². The summed E-state index contributed by atoms with van der Waals surface area (Å²) in [6.07, 6.45) is -3.80.